The van der Waals surface area contributed by atoms with Gasteiger partial charge in [-0.3, -0.25) is 4.84 Å². The first-order chi connectivity index (χ1) is 10.8. The van der Waals surface area contributed by atoms with Gasteiger partial charge in [0.15, 0.2) is 0 Å². The Morgan fingerprint density at radius 2 is 1.48 bits per heavy atom. The Balaban J connectivity index is 2.41. The van der Waals surface area contributed by atoms with E-state index in [0.29, 0.717) is 6.61 Å². The molecular weight excluding hydrogens is 290 g/mol. The Morgan fingerprint density at radius 1 is 0.913 bits per heavy atom. The molecule has 0 aromatic heterocycles. The van der Waals surface area contributed by atoms with E-state index in [1.165, 1.54) is 32.1 Å². The van der Waals surface area contributed by atoms with Crippen LogP contribution in [-0.2, 0) is 9.57 Å². The topological polar surface area (TPSA) is 41.9 Å². The fraction of sp³-hybridized carbons (Fsp3) is 1.00. The van der Waals surface area contributed by atoms with Crippen LogP contribution in [0.1, 0.15) is 86.0 Å². The zero-order valence-electron chi connectivity index (χ0n) is 16.1. The van der Waals surface area contributed by atoms with E-state index in [2.05, 4.69) is 39.7 Å². The number of nitrogens with zero attached hydrogens (tertiary/aromatic N) is 1. The average Bonchev–Trinajstić information content (AvgIpc) is 2.45. The molecule has 1 rings (SSSR count). The molecule has 0 saturated carbocycles. The second kappa shape index (κ2) is 9.97. The summed E-state index contributed by atoms with van der Waals surface area (Å²) in [6.07, 6.45) is 9.78. The summed E-state index contributed by atoms with van der Waals surface area (Å²) in [4.78, 5) is 6.20. The summed E-state index contributed by atoms with van der Waals surface area (Å²) < 4.78 is 5.80. The van der Waals surface area contributed by atoms with Crippen molar-refractivity contribution in [2.45, 2.75) is 103 Å². The third-order valence-electron chi connectivity index (χ3n) is 4.72. The van der Waals surface area contributed by atoms with Crippen molar-refractivity contribution >= 4 is 0 Å². The minimum absolute atomic E-state index is 0.0515. The van der Waals surface area contributed by atoms with Crippen LogP contribution in [0.3, 0.4) is 0 Å². The summed E-state index contributed by atoms with van der Waals surface area (Å²) in [6.45, 7) is 12.5. The SMILES string of the molecule is CCCCCCCCON1C(C)(C)CC(OCCO)CC1(C)C. The number of piperidine rings is 1. The van der Waals surface area contributed by atoms with E-state index in [1.807, 2.05) is 0 Å². The van der Waals surface area contributed by atoms with Crippen LogP contribution in [-0.4, -0.2) is 47.2 Å². The monoisotopic (exact) mass is 329 g/mol. The maximum Gasteiger partial charge on any atom is 0.0701 e. The van der Waals surface area contributed by atoms with Crippen molar-refractivity contribution in [2.24, 2.45) is 0 Å². The Morgan fingerprint density at radius 3 is 2.04 bits per heavy atom. The van der Waals surface area contributed by atoms with Gasteiger partial charge in [-0.1, -0.05) is 39.0 Å². The number of ether oxygens (including phenoxy) is 1. The minimum Gasteiger partial charge on any atom is -0.394 e. The van der Waals surface area contributed by atoms with E-state index in [9.17, 15) is 0 Å². The van der Waals surface area contributed by atoms with Crippen molar-refractivity contribution in [3.05, 3.63) is 0 Å². The molecule has 0 bridgehead atoms. The van der Waals surface area contributed by atoms with Crippen molar-refractivity contribution in [3.8, 4) is 0 Å². The van der Waals surface area contributed by atoms with Gasteiger partial charge >= 0.3 is 0 Å². The van der Waals surface area contributed by atoms with Crippen LogP contribution in [0.25, 0.3) is 0 Å². The highest BCUT2D eigenvalue weighted by Gasteiger charge is 2.46. The van der Waals surface area contributed by atoms with E-state index in [0.717, 1.165) is 25.9 Å². The van der Waals surface area contributed by atoms with E-state index < -0.39 is 0 Å². The van der Waals surface area contributed by atoms with Crippen LogP contribution in [0.2, 0.25) is 0 Å². The Labute approximate surface area is 143 Å². The van der Waals surface area contributed by atoms with E-state index in [4.69, 9.17) is 14.7 Å². The minimum atomic E-state index is -0.0515. The second-order valence-corrected chi connectivity index (χ2v) is 8.14. The lowest BCUT2D eigenvalue weighted by atomic mass is 9.80. The normalized spacial score (nSPS) is 21.7. The summed E-state index contributed by atoms with van der Waals surface area (Å²) in [5, 5.41) is 11.2. The van der Waals surface area contributed by atoms with Crippen molar-refractivity contribution in [2.75, 3.05) is 19.8 Å². The standard InChI is InChI=1S/C19H39NO3/c1-6-7-8-9-10-11-13-23-20-18(2,3)15-17(22-14-12-21)16-19(20,4)5/h17,21H,6-16H2,1-5H3. The number of unbranched alkanes of at least 4 members (excludes halogenated alkanes) is 5. The number of hydrogen-bond donors (Lipinski definition) is 1. The number of rotatable bonds is 11. The molecule has 23 heavy (non-hydrogen) atoms. The molecule has 0 aromatic carbocycles. The van der Waals surface area contributed by atoms with Gasteiger partial charge < -0.3 is 9.84 Å². The highest BCUT2D eigenvalue weighted by Crippen LogP contribution is 2.39. The molecule has 1 N–H and O–H groups in total. The van der Waals surface area contributed by atoms with Gasteiger partial charge in [-0.25, -0.2) is 0 Å². The lowest BCUT2D eigenvalue weighted by molar-refractivity contribution is -0.295. The van der Waals surface area contributed by atoms with Gasteiger partial charge in [0.25, 0.3) is 0 Å². The second-order valence-electron chi connectivity index (χ2n) is 8.14. The Hall–Kier alpha value is -0.160. The van der Waals surface area contributed by atoms with E-state index in [1.54, 1.807) is 0 Å². The summed E-state index contributed by atoms with van der Waals surface area (Å²) in [6, 6.07) is 0. The third-order valence-corrected chi connectivity index (χ3v) is 4.72. The first-order valence-electron chi connectivity index (χ1n) is 9.49. The van der Waals surface area contributed by atoms with Crippen molar-refractivity contribution < 1.29 is 14.7 Å². The van der Waals surface area contributed by atoms with E-state index >= 15 is 0 Å². The van der Waals surface area contributed by atoms with Crippen LogP contribution in [0.4, 0.5) is 0 Å². The Kier molecular flexibility index (Phi) is 9.06. The maximum absolute atomic E-state index is 8.97. The molecule has 0 atom stereocenters. The number of hydrogen-bond acceptors (Lipinski definition) is 4. The van der Waals surface area contributed by atoms with Gasteiger partial charge in [-0.15, -0.1) is 0 Å². The smallest absolute Gasteiger partial charge is 0.0701 e. The third kappa shape index (κ3) is 7.08. The number of aliphatic hydroxyl groups is 1. The zero-order valence-corrected chi connectivity index (χ0v) is 16.1. The van der Waals surface area contributed by atoms with Gasteiger partial charge in [0.1, 0.15) is 0 Å². The predicted octanol–water partition coefficient (Wildman–Crippen LogP) is 4.31. The van der Waals surface area contributed by atoms with Gasteiger partial charge in [0, 0.05) is 11.1 Å². The van der Waals surface area contributed by atoms with Crippen LogP contribution in [0, 0.1) is 0 Å². The molecule has 1 fully saturated rings. The molecule has 0 radical (unpaired) electrons. The highest BCUT2D eigenvalue weighted by atomic mass is 16.7. The van der Waals surface area contributed by atoms with Crippen LogP contribution >= 0.6 is 0 Å². The molecule has 0 unspecified atom stereocenters. The fourth-order valence-electron chi connectivity index (χ4n) is 3.90. The summed E-state index contributed by atoms with van der Waals surface area (Å²) in [7, 11) is 0. The molecule has 4 nitrogen and oxygen atoms in total. The van der Waals surface area contributed by atoms with Gasteiger partial charge in [-0.05, 0) is 47.0 Å². The maximum atomic E-state index is 8.97. The molecule has 1 aliphatic heterocycles. The van der Waals surface area contributed by atoms with Crippen LogP contribution in [0.15, 0.2) is 0 Å². The molecule has 4 heteroatoms. The first kappa shape index (κ1) is 20.9. The van der Waals surface area contributed by atoms with Crippen LogP contribution in [0.5, 0.6) is 0 Å². The lowest BCUT2D eigenvalue weighted by Gasteiger charge is -2.53. The van der Waals surface area contributed by atoms with Crippen molar-refractivity contribution in [1.82, 2.24) is 5.06 Å². The average molecular weight is 330 g/mol. The molecule has 1 saturated heterocycles. The lowest BCUT2D eigenvalue weighted by Crippen LogP contribution is -2.62. The van der Waals surface area contributed by atoms with Gasteiger partial charge in [-0.2, -0.15) is 5.06 Å². The summed E-state index contributed by atoms with van der Waals surface area (Å²) >= 11 is 0. The number of hydroxylamine groups is 2. The molecule has 0 aliphatic carbocycles. The molecular formula is C19H39NO3. The summed E-state index contributed by atoms with van der Waals surface area (Å²) in [5.41, 5.74) is -0.103. The first-order valence-corrected chi connectivity index (χ1v) is 9.49. The van der Waals surface area contributed by atoms with Crippen molar-refractivity contribution in [3.63, 3.8) is 0 Å². The van der Waals surface area contributed by atoms with Gasteiger partial charge in [0.05, 0.1) is 25.9 Å². The molecule has 0 amide bonds. The quantitative estimate of drug-likeness (QED) is 0.574. The highest BCUT2D eigenvalue weighted by molar-refractivity contribution is 4.97. The summed E-state index contributed by atoms with van der Waals surface area (Å²) in [5.74, 6) is 0. The number of aliphatic hydroxyl groups excluding tert-OH is 1. The zero-order chi connectivity index (χ0) is 17.3. The molecule has 138 valence electrons. The molecule has 1 aliphatic rings. The molecule has 1 heterocycles. The van der Waals surface area contributed by atoms with Crippen LogP contribution < -0.4 is 0 Å². The van der Waals surface area contributed by atoms with Crippen molar-refractivity contribution in [1.29, 1.82) is 0 Å². The molecule has 0 aromatic rings. The van der Waals surface area contributed by atoms with E-state index in [-0.39, 0.29) is 23.8 Å². The Bertz CT molecular complexity index is 300. The molecule has 0 spiro atoms. The predicted molar refractivity (Wildman–Crippen MR) is 95.4 cm³/mol. The fourth-order valence-corrected chi connectivity index (χ4v) is 3.90. The largest absolute Gasteiger partial charge is 0.394 e. The van der Waals surface area contributed by atoms with Gasteiger partial charge in [0.2, 0.25) is 0 Å².